The minimum atomic E-state index is -3.56. The zero-order valence-electron chi connectivity index (χ0n) is 9.04. The van der Waals surface area contributed by atoms with Crippen molar-refractivity contribution in [2.24, 2.45) is 5.16 Å². The number of hydrogen-bond donors (Lipinski definition) is 2. The van der Waals surface area contributed by atoms with Crippen LogP contribution in [-0.2, 0) is 9.84 Å². The van der Waals surface area contributed by atoms with E-state index in [0.29, 0.717) is 10.6 Å². The van der Waals surface area contributed by atoms with Gasteiger partial charge in [0.25, 0.3) is 0 Å². The number of rotatable bonds is 4. The van der Waals surface area contributed by atoms with Crippen LogP contribution < -0.4 is 0 Å². The van der Waals surface area contributed by atoms with Crippen LogP contribution in [0.2, 0.25) is 5.02 Å². The summed E-state index contributed by atoms with van der Waals surface area (Å²) in [6.07, 6.45) is 0.967. The molecule has 5 nitrogen and oxygen atoms in total. The normalized spacial score (nSPS) is 14.6. The molecule has 1 unspecified atom stereocenters. The Morgan fingerprint density at radius 2 is 1.94 bits per heavy atom. The first kappa shape index (κ1) is 14.0. The van der Waals surface area contributed by atoms with Crippen molar-refractivity contribution in [2.45, 2.75) is 5.25 Å². The van der Waals surface area contributed by atoms with Crippen molar-refractivity contribution in [3.8, 4) is 0 Å². The van der Waals surface area contributed by atoms with E-state index in [1.165, 1.54) is 12.1 Å². The van der Waals surface area contributed by atoms with Gasteiger partial charge in [0.15, 0.2) is 9.84 Å². The molecule has 1 rings (SSSR count). The van der Waals surface area contributed by atoms with E-state index in [1.807, 2.05) is 0 Å². The molecule has 1 atom stereocenters. The van der Waals surface area contributed by atoms with Gasteiger partial charge in [0.05, 0.1) is 6.61 Å². The van der Waals surface area contributed by atoms with Crippen LogP contribution in [0, 0.1) is 0 Å². The SMILES string of the molecule is CS(=O)(=O)C(CO)/C(=N/O)c1ccc(Cl)cc1. The van der Waals surface area contributed by atoms with Gasteiger partial charge < -0.3 is 10.3 Å². The Morgan fingerprint density at radius 3 is 2.29 bits per heavy atom. The monoisotopic (exact) mass is 277 g/mol. The number of oxime groups is 1. The molecule has 1 aromatic carbocycles. The molecule has 0 aromatic heterocycles. The molecule has 0 aliphatic rings. The lowest BCUT2D eigenvalue weighted by Crippen LogP contribution is -2.33. The highest BCUT2D eigenvalue weighted by atomic mass is 35.5. The molecular weight excluding hydrogens is 266 g/mol. The van der Waals surface area contributed by atoms with Crippen molar-refractivity contribution in [3.63, 3.8) is 0 Å². The molecule has 0 spiro atoms. The molecule has 94 valence electrons. The third-order valence-electron chi connectivity index (χ3n) is 2.24. The largest absolute Gasteiger partial charge is 0.411 e. The number of aliphatic hydroxyl groups excluding tert-OH is 1. The number of sulfone groups is 1. The molecule has 0 aliphatic carbocycles. The van der Waals surface area contributed by atoms with Gasteiger partial charge in [0, 0.05) is 16.8 Å². The Kier molecular flexibility index (Phi) is 4.50. The van der Waals surface area contributed by atoms with Crippen LogP contribution in [0.5, 0.6) is 0 Å². The summed E-state index contributed by atoms with van der Waals surface area (Å²) in [6, 6.07) is 6.12. The summed E-state index contributed by atoms with van der Waals surface area (Å²) in [7, 11) is -3.56. The fraction of sp³-hybridized carbons (Fsp3) is 0.300. The Balaban J connectivity index is 3.20. The molecule has 2 N–H and O–H groups in total. The van der Waals surface area contributed by atoms with Crippen molar-refractivity contribution in [1.29, 1.82) is 0 Å². The van der Waals surface area contributed by atoms with E-state index in [9.17, 15) is 8.42 Å². The van der Waals surface area contributed by atoms with Crippen LogP contribution in [0.4, 0.5) is 0 Å². The van der Waals surface area contributed by atoms with Gasteiger partial charge in [-0.15, -0.1) is 0 Å². The van der Waals surface area contributed by atoms with Crippen molar-refractivity contribution in [1.82, 2.24) is 0 Å². The van der Waals surface area contributed by atoms with Crippen LogP contribution in [0.1, 0.15) is 5.56 Å². The summed E-state index contributed by atoms with van der Waals surface area (Å²) >= 11 is 5.69. The zero-order valence-corrected chi connectivity index (χ0v) is 10.6. The van der Waals surface area contributed by atoms with Gasteiger partial charge in [-0.1, -0.05) is 28.9 Å². The van der Waals surface area contributed by atoms with Crippen molar-refractivity contribution in [3.05, 3.63) is 34.9 Å². The van der Waals surface area contributed by atoms with Gasteiger partial charge in [-0.05, 0) is 12.1 Å². The Bertz CT molecular complexity index is 510. The summed E-state index contributed by atoms with van der Waals surface area (Å²) in [4.78, 5) is 0. The number of benzene rings is 1. The van der Waals surface area contributed by atoms with Crippen LogP contribution in [0.3, 0.4) is 0 Å². The first-order valence-corrected chi connectivity index (χ1v) is 7.01. The highest BCUT2D eigenvalue weighted by molar-refractivity contribution is 7.92. The summed E-state index contributed by atoms with van der Waals surface area (Å²) in [6.45, 7) is -0.652. The Hall–Kier alpha value is -1.11. The molecule has 7 heteroatoms. The fourth-order valence-electron chi connectivity index (χ4n) is 1.35. The maximum absolute atomic E-state index is 11.4. The van der Waals surface area contributed by atoms with E-state index < -0.39 is 21.7 Å². The molecule has 0 fully saturated rings. The van der Waals surface area contributed by atoms with Crippen molar-refractivity contribution >= 4 is 27.1 Å². The number of nitrogens with zero attached hydrogens (tertiary/aromatic N) is 1. The third-order valence-corrected chi connectivity index (χ3v) is 3.89. The molecule has 0 bridgehead atoms. The average Bonchev–Trinajstić information content (AvgIpc) is 2.25. The maximum atomic E-state index is 11.4. The summed E-state index contributed by atoms with van der Waals surface area (Å²) in [5.74, 6) is 0. The van der Waals surface area contributed by atoms with Crippen LogP contribution in [-0.4, -0.2) is 42.6 Å². The van der Waals surface area contributed by atoms with E-state index in [4.69, 9.17) is 21.9 Å². The van der Waals surface area contributed by atoms with E-state index in [2.05, 4.69) is 5.16 Å². The standard InChI is InChI=1S/C10H12ClNO4S/c1-17(15,16)9(6-13)10(12-14)7-2-4-8(11)5-3-7/h2-5,9,13-14H,6H2,1H3/b12-10+. The maximum Gasteiger partial charge on any atom is 0.158 e. The lowest BCUT2D eigenvalue weighted by Gasteiger charge is -2.13. The predicted molar refractivity (Wildman–Crippen MR) is 65.5 cm³/mol. The van der Waals surface area contributed by atoms with E-state index in [-0.39, 0.29) is 5.71 Å². The lowest BCUT2D eigenvalue weighted by molar-refractivity contribution is 0.296. The summed E-state index contributed by atoms with van der Waals surface area (Å²) in [5, 5.41) is 20.2. The third kappa shape index (κ3) is 3.42. The number of halogens is 1. The fourth-order valence-corrected chi connectivity index (χ4v) is 2.34. The molecular formula is C10H12ClNO4S. The molecule has 1 aromatic rings. The highest BCUT2D eigenvalue weighted by Gasteiger charge is 2.27. The van der Waals surface area contributed by atoms with Crippen LogP contribution in [0.25, 0.3) is 0 Å². The number of aliphatic hydroxyl groups is 1. The molecule has 0 heterocycles. The Labute approximate surface area is 104 Å². The topological polar surface area (TPSA) is 87.0 Å². The first-order chi connectivity index (χ1) is 7.90. The van der Waals surface area contributed by atoms with E-state index in [0.717, 1.165) is 6.26 Å². The van der Waals surface area contributed by atoms with Gasteiger partial charge in [-0.25, -0.2) is 8.42 Å². The zero-order chi connectivity index (χ0) is 13.1. The lowest BCUT2D eigenvalue weighted by atomic mass is 10.1. The summed E-state index contributed by atoms with van der Waals surface area (Å²) < 4.78 is 22.9. The molecule has 0 radical (unpaired) electrons. The molecule has 0 amide bonds. The van der Waals surface area contributed by atoms with Gasteiger partial charge in [-0.2, -0.15) is 0 Å². The first-order valence-electron chi connectivity index (χ1n) is 4.67. The van der Waals surface area contributed by atoms with Crippen LogP contribution >= 0.6 is 11.6 Å². The highest BCUT2D eigenvalue weighted by Crippen LogP contribution is 2.14. The average molecular weight is 278 g/mol. The van der Waals surface area contributed by atoms with Gasteiger partial charge in [-0.3, -0.25) is 0 Å². The minimum absolute atomic E-state index is 0.105. The minimum Gasteiger partial charge on any atom is -0.411 e. The van der Waals surface area contributed by atoms with Gasteiger partial charge in [0.2, 0.25) is 0 Å². The van der Waals surface area contributed by atoms with E-state index in [1.54, 1.807) is 12.1 Å². The second-order valence-corrected chi connectivity index (χ2v) is 6.16. The number of hydrogen-bond acceptors (Lipinski definition) is 5. The van der Waals surface area contributed by atoms with Crippen molar-refractivity contribution in [2.75, 3.05) is 12.9 Å². The second-order valence-electron chi connectivity index (χ2n) is 3.49. The molecule has 0 saturated heterocycles. The summed E-state index contributed by atoms with van der Waals surface area (Å²) in [5.41, 5.74) is 0.285. The molecule has 0 saturated carbocycles. The van der Waals surface area contributed by atoms with E-state index >= 15 is 0 Å². The molecule has 0 aliphatic heterocycles. The van der Waals surface area contributed by atoms with Gasteiger partial charge in [0.1, 0.15) is 11.0 Å². The van der Waals surface area contributed by atoms with Crippen LogP contribution in [0.15, 0.2) is 29.4 Å². The van der Waals surface area contributed by atoms with Crippen molar-refractivity contribution < 1.29 is 18.7 Å². The second kappa shape index (κ2) is 5.48. The quantitative estimate of drug-likeness (QED) is 0.487. The van der Waals surface area contributed by atoms with Gasteiger partial charge >= 0.3 is 0 Å². The smallest absolute Gasteiger partial charge is 0.158 e. The Morgan fingerprint density at radius 1 is 1.41 bits per heavy atom. The molecule has 17 heavy (non-hydrogen) atoms. The predicted octanol–water partition coefficient (Wildman–Crippen LogP) is 0.924.